The van der Waals surface area contributed by atoms with Gasteiger partial charge in [0.25, 0.3) is 11.8 Å². The number of aromatic nitrogens is 2. The van der Waals surface area contributed by atoms with Crippen molar-refractivity contribution in [2.24, 2.45) is 5.92 Å². The minimum atomic E-state index is -3.95. The molecule has 2 aromatic heterocycles. The van der Waals surface area contributed by atoms with Crippen LogP contribution in [0.5, 0.6) is 11.6 Å². The van der Waals surface area contributed by atoms with Gasteiger partial charge in [-0.25, -0.2) is 22.6 Å². The van der Waals surface area contributed by atoms with E-state index in [9.17, 15) is 32.0 Å². The molecule has 4 heterocycles. The number of ether oxygens (including phenoxy) is 3. The van der Waals surface area contributed by atoms with Crippen molar-refractivity contribution >= 4 is 55.9 Å². The van der Waals surface area contributed by atoms with Gasteiger partial charge in [-0.1, -0.05) is 25.0 Å². The van der Waals surface area contributed by atoms with Crippen molar-refractivity contribution < 1.29 is 50.6 Å². The molecule has 1 saturated heterocycles. The first kappa shape index (κ1) is 43.5. The predicted octanol–water partition coefficient (Wildman–Crippen LogP) is 6.36. The number of carbonyl (C=O) groups is 4. The van der Waals surface area contributed by atoms with E-state index in [1.165, 1.54) is 17.0 Å². The van der Waals surface area contributed by atoms with Gasteiger partial charge in [-0.15, -0.1) is 0 Å². The molecule has 340 valence electrons. The molecule has 9 rings (SSSR count). The highest BCUT2D eigenvalue weighted by Gasteiger charge is 2.62. The van der Waals surface area contributed by atoms with Crippen LogP contribution < -0.4 is 24.8 Å². The maximum Gasteiger partial charge on any atom is 0.408 e. The summed E-state index contributed by atoms with van der Waals surface area (Å²) in [5.41, 5.74) is -0.269. The zero-order valence-electron chi connectivity index (χ0n) is 35.8. The average Bonchev–Trinajstić information content (AvgIpc) is 4.07. The molecule has 5 aliphatic rings. The number of nitrogens with one attached hydrogen (secondary N) is 3. The van der Waals surface area contributed by atoms with Gasteiger partial charge >= 0.3 is 6.09 Å². The molecular formula is C46H53FN6O10S. The molecular weight excluding hydrogens is 848 g/mol. The third-order valence-corrected chi connectivity index (χ3v) is 14.5. The molecule has 16 nitrogen and oxygen atoms in total. The number of benzene rings is 2. The molecule has 3 aliphatic carbocycles. The summed E-state index contributed by atoms with van der Waals surface area (Å²) in [6.45, 7) is 3.71. The Bertz CT molecular complexity index is 2590. The first-order valence-corrected chi connectivity index (χ1v) is 24.0. The molecule has 3 saturated carbocycles. The summed E-state index contributed by atoms with van der Waals surface area (Å²) in [6, 6.07) is 9.00. The lowest BCUT2D eigenvalue weighted by Crippen LogP contribution is -2.58. The van der Waals surface area contributed by atoms with E-state index >= 15 is 0 Å². The van der Waals surface area contributed by atoms with Crippen LogP contribution in [0, 0.1) is 11.7 Å². The molecule has 0 spiro atoms. The Hall–Kier alpha value is -5.78. The van der Waals surface area contributed by atoms with Crippen LogP contribution in [0.25, 0.3) is 33.5 Å². The van der Waals surface area contributed by atoms with E-state index in [1.54, 1.807) is 30.3 Å². The van der Waals surface area contributed by atoms with Crippen LogP contribution in [-0.4, -0.2) is 94.8 Å². The highest BCUT2D eigenvalue weighted by atomic mass is 32.2. The standard InChI is InChI=1S/C46H53FN6O10S/c1-26(2)60-31-17-14-27(15-18-31)40-49-38-34-21-16-29(47)22-37(34)63-39(38)42(50-40)61-32-23-36-41(54)51-46(44(56)52-64(58,59)33-19-20-33)24-28(46)10-6-4-3-5-7-13-35(43(55)53(36)25-32)48-45(57)62-30-11-8-9-12-30/h6,10,14-18,21-22,26,28,30,32-33,35-36H,3-5,7-9,11-13,19-20,23-25H2,1-2H3,(H,48,57)(H,51,54)(H,52,56)/b10-6-/t28-,32-,35+,36+,46-/m1/s1. The molecule has 0 radical (unpaired) electrons. The van der Waals surface area contributed by atoms with Gasteiger partial charge < -0.3 is 34.2 Å². The third-order valence-electron chi connectivity index (χ3n) is 12.7. The smallest absolute Gasteiger partial charge is 0.408 e. The van der Waals surface area contributed by atoms with Crippen molar-refractivity contribution in [1.29, 1.82) is 0 Å². The number of sulfonamides is 1. The summed E-state index contributed by atoms with van der Waals surface area (Å²) in [6.07, 6.45) is 9.25. The van der Waals surface area contributed by atoms with Crippen LogP contribution in [-0.2, 0) is 29.1 Å². The monoisotopic (exact) mass is 900 g/mol. The number of rotatable bonds is 10. The second-order valence-corrected chi connectivity index (χ2v) is 19.9. The topological polar surface area (TPSA) is 208 Å². The summed E-state index contributed by atoms with van der Waals surface area (Å²) in [7, 11) is -3.95. The number of furan rings is 1. The van der Waals surface area contributed by atoms with Gasteiger partial charge in [0.05, 0.1) is 17.9 Å². The van der Waals surface area contributed by atoms with Crippen molar-refractivity contribution in [3.8, 4) is 23.0 Å². The molecule has 0 bridgehead atoms. The van der Waals surface area contributed by atoms with E-state index in [1.807, 2.05) is 26.0 Å². The Balaban J connectivity index is 1.06. The van der Waals surface area contributed by atoms with Gasteiger partial charge in [0.15, 0.2) is 5.82 Å². The normalized spacial score (nSPS) is 26.1. The van der Waals surface area contributed by atoms with Gasteiger partial charge in [-0.3, -0.25) is 19.1 Å². The Morgan fingerprint density at radius 1 is 0.969 bits per heavy atom. The highest BCUT2D eigenvalue weighted by Crippen LogP contribution is 2.46. The van der Waals surface area contributed by atoms with Gasteiger partial charge in [0.1, 0.15) is 52.5 Å². The maximum atomic E-state index is 14.8. The zero-order valence-corrected chi connectivity index (χ0v) is 36.7. The lowest BCUT2D eigenvalue weighted by Gasteiger charge is -2.30. The number of amides is 4. The number of hydrogen-bond acceptors (Lipinski definition) is 12. The molecule has 4 fully saturated rings. The lowest BCUT2D eigenvalue weighted by molar-refractivity contribution is -0.141. The van der Waals surface area contributed by atoms with Gasteiger partial charge in [0.2, 0.25) is 27.4 Å². The second-order valence-electron chi connectivity index (χ2n) is 18.0. The number of fused-ring (bicyclic) bond motifs is 5. The molecule has 4 amide bonds. The predicted molar refractivity (Wildman–Crippen MR) is 232 cm³/mol. The quantitative estimate of drug-likeness (QED) is 0.149. The number of alkyl carbamates (subject to hydrolysis) is 1. The molecule has 18 heteroatoms. The fraction of sp³-hybridized carbons (Fsp3) is 0.522. The van der Waals surface area contributed by atoms with Crippen LogP contribution in [0.1, 0.15) is 97.3 Å². The number of hydrogen-bond donors (Lipinski definition) is 3. The van der Waals surface area contributed by atoms with Crippen molar-refractivity contribution in [2.75, 3.05) is 6.54 Å². The molecule has 64 heavy (non-hydrogen) atoms. The highest BCUT2D eigenvalue weighted by molar-refractivity contribution is 7.91. The van der Waals surface area contributed by atoms with E-state index < -0.39 is 74.5 Å². The summed E-state index contributed by atoms with van der Waals surface area (Å²) in [4.78, 5) is 67.6. The van der Waals surface area contributed by atoms with Crippen molar-refractivity contribution in [3.63, 3.8) is 0 Å². The number of carbonyl (C=O) groups excluding carboxylic acids is 4. The summed E-state index contributed by atoms with van der Waals surface area (Å²) >= 11 is 0. The summed E-state index contributed by atoms with van der Waals surface area (Å²) < 4.78 is 66.9. The molecule has 2 aromatic carbocycles. The fourth-order valence-electron chi connectivity index (χ4n) is 9.09. The van der Waals surface area contributed by atoms with Crippen LogP contribution in [0.3, 0.4) is 0 Å². The number of halogens is 1. The summed E-state index contributed by atoms with van der Waals surface area (Å²) in [5, 5.41) is 5.53. The minimum absolute atomic E-state index is 0.0111. The molecule has 3 N–H and O–H groups in total. The van der Waals surface area contributed by atoms with Crippen molar-refractivity contribution in [3.05, 3.63) is 60.4 Å². The van der Waals surface area contributed by atoms with Gasteiger partial charge in [-0.2, -0.15) is 4.98 Å². The second kappa shape index (κ2) is 17.7. The van der Waals surface area contributed by atoms with E-state index in [0.717, 1.165) is 38.5 Å². The molecule has 0 unspecified atom stereocenters. The average molecular weight is 901 g/mol. The molecule has 4 aromatic rings. The lowest BCUT2D eigenvalue weighted by atomic mass is 10.0. The van der Waals surface area contributed by atoms with Crippen LogP contribution in [0.15, 0.2) is 59.0 Å². The fourth-order valence-corrected chi connectivity index (χ4v) is 10.5. The zero-order chi connectivity index (χ0) is 44.8. The van der Waals surface area contributed by atoms with Crippen LogP contribution >= 0.6 is 0 Å². The molecule has 2 aliphatic heterocycles. The number of allylic oxidation sites excluding steroid dienone is 1. The Morgan fingerprint density at radius 2 is 1.73 bits per heavy atom. The van der Waals surface area contributed by atoms with Crippen molar-refractivity contribution in [1.82, 2.24) is 30.2 Å². The van der Waals surface area contributed by atoms with E-state index in [4.69, 9.17) is 28.6 Å². The SMILES string of the molecule is CC(C)Oc1ccc(-c2nc(O[C@@H]3C[C@H]4C(=O)N[C@]5(C(=O)NS(=O)(=O)C6CC6)C[C@H]5/C=C\CCCCC[C@H](NC(=O)OC5CCCC5)C(=O)N4C3)c3oc4cc(F)ccc4c3n2)cc1. The number of nitrogens with zero attached hydrogens (tertiary/aromatic N) is 3. The Kier molecular flexibility index (Phi) is 12.0. The Labute approximate surface area is 370 Å². The summed E-state index contributed by atoms with van der Waals surface area (Å²) in [5.74, 6) is -2.16. The van der Waals surface area contributed by atoms with Crippen LogP contribution in [0.2, 0.25) is 0 Å². The third kappa shape index (κ3) is 9.24. The first-order valence-electron chi connectivity index (χ1n) is 22.4. The molecule has 5 atom stereocenters. The minimum Gasteiger partial charge on any atom is -0.491 e. The van der Waals surface area contributed by atoms with E-state index in [2.05, 4.69) is 15.4 Å². The van der Waals surface area contributed by atoms with Crippen LogP contribution in [0.4, 0.5) is 9.18 Å². The van der Waals surface area contributed by atoms with Gasteiger partial charge in [-0.05, 0) is 114 Å². The first-order chi connectivity index (χ1) is 30.8. The van der Waals surface area contributed by atoms with E-state index in [0.29, 0.717) is 47.9 Å². The maximum absolute atomic E-state index is 14.8. The van der Waals surface area contributed by atoms with Gasteiger partial charge in [0, 0.05) is 29.4 Å². The Morgan fingerprint density at radius 3 is 2.48 bits per heavy atom. The van der Waals surface area contributed by atoms with Crippen molar-refractivity contribution in [2.45, 2.75) is 139 Å². The van der Waals surface area contributed by atoms with E-state index in [-0.39, 0.29) is 60.9 Å². The largest absolute Gasteiger partial charge is 0.491 e.